The van der Waals surface area contributed by atoms with Gasteiger partial charge >= 0.3 is 0 Å². The predicted octanol–water partition coefficient (Wildman–Crippen LogP) is 0.275. The molecule has 0 fully saturated rings. The van der Waals surface area contributed by atoms with Crippen LogP contribution in [0.4, 0.5) is 0 Å². The first kappa shape index (κ1) is 8.31. The van der Waals surface area contributed by atoms with Gasteiger partial charge in [0.05, 0.1) is 15.4 Å². The highest BCUT2D eigenvalue weighted by Crippen LogP contribution is 2.14. The van der Waals surface area contributed by atoms with E-state index in [1.807, 2.05) is 6.92 Å². The van der Waals surface area contributed by atoms with Gasteiger partial charge in [0.25, 0.3) is 0 Å². The smallest absolute Gasteiger partial charge is 0.193 e. The molecule has 0 heterocycles. The lowest BCUT2D eigenvalue weighted by Gasteiger charge is -2.01. The van der Waals surface area contributed by atoms with E-state index in [9.17, 15) is 0 Å². The van der Waals surface area contributed by atoms with Crippen molar-refractivity contribution in [2.45, 2.75) is 19.4 Å². The monoisotopic (exact) mass is 138 g/mol. The second-order valence-electron chi connectivity index (χ2n) is 1.34. The summed E-state index contributed by atoms with van der Waals surface area (Å²) in [5.41, 5.74) is 0. The topological polar surface area (TPSA) is 49.7 Å². The van der Waals surface area contributed by atoms with Crippen molar-refractivity contribution in [2.24, 2.45) is 0 Å². The minimum absolute atomic E-state index is 0.193. The van der Waals surface area contributed by atoms with Crippen LogP contribution in [0.5, 0.6) is 0 Å². The SMILES string of the molecule is CCCOPC(O)O. The summed E-state index contributed by atoms with van der Waals surface area (Å²) in [6, 6.07) is -1.29. The molecule has 50 valence electrons. The van der Waals surface area contributed by atoms with Crippen molar-refractivity contribution in [3.8, 4) is 0 Å². The Morgan fingerprint density at radius 2 is 2.25 bits per heavy atom. The first-order valence-corrected chi connectivity index (χ1v) is 3.49. The third kappa shape index (κ3) is 6.31. The van der Waals surface area contributed by atoms with Gasteiger partial charge in [-0.2, -0.15) is 0 Å². The molecule has 1 unspecified atom stereocenters. The first-order chi connectivity index (χ1) is 3.77. The Bertz CT molecular complexity index is 48.5. The van der Waals surface area contributed by atoms with Crippen LogP contribution in [-0.4, -0.2) is 22.9 Å². The zero-order valence-corrected chi connectivity index (χ0v) is 5.79. The quantitative estimate of drug-likeness (QED) is 0.333. The Balaban J connectivity index is 2.72. The average Bonchev–Trinajstić information content (AvgIpc) is 1.66. The number of aliphatic hydroxyl groups is 2. The van der Waals surface area contributed by atoms with Crippen LogP contribution in [0.2, 0.25) is 0 Å². The van der Waals surface area contributed by atoms with Crippen molar-refractivity contribution in [3.63, 3.8) is 0 Å². The zero-order valence-electron chi connectivity index (χ0n) is 4.79. The van der Waals surface area contributed by atoms with Crippen molar-refractivity contribution in [1.29, 1.82) is 0 Å². The van der Waals surface area contributed by atoms with Crippen molar-refractivity contribution < 1.29 is 14.7 Å². The van der Waals surface area contributed by atoms with Crippen molar-refractivity contribution in [1.82, 2.24) is 0 Å². The lowest BCUT2D eigenvalue weighted by Crippen LogP contribution is -1.95. The molecule has 0 spiro atoms. The molecular formula is C4H11O3P. The summed E-state index contributed by atoms with van der Waals surface area (Å²) < 4.78 is 4.77. The summed E-state index contributed by atoms with van der Waals surface area (Å²) in [6.07, 6.45) is 0.916. The number of aliphatic hydroxyl groups excluding tert-OH is 1. The van der Waals surface area contributed by atoms with E-state index in [1.165, 1.54) is 0 Å². The van der Waals surface area contributed by atoms with E-state index in [0.29, 0.717) is 6.61 Å². The summed E-state index contributed by atoms with van der Waals surface area (Å²) >= 11 is 0. The van der Waals surface area contributed by atoms with E-state index in [4.69, 9.17) is 14.7 Å². The highest BCUT2D eigenvalue weighted by atomic mass is 31.1. The van der Waals surface area contributed by atoms with Crippen LogP contribution in [0.1, 0.15) is 13.3 Å². The van der Waals surface area contributed by atoms with Crippen LogP contribution in [0.3, 0.4) is 0 Å². The molecule has 1 atom stereocenters. The second-order valence-corrected chi connectivity index (χ2v) is 2.38. The molecule has 3 nitrogen and oxygen atoms in total. The van der Waals surface area contributed by atoms with Gasteiger partial charge in [-0.25, -0.2) is 0 Å². The van der Waals surface area contributed by atoms with Gasteiger partial charge in [-0.1, -0.05) is 6.92 Å². The average molecular weight is 138 g/mol. The van der Waals surface area contributed by atoms with Crippen LogP contribution in [-0.2, 0) is 4.52 Å². The Hall–Kier alpha value is 0.310. The fraction of sp³-hybridized carbons (Fsp3) is 1.00. The molecule has 4 heteroatoms. The van der Waals surface area contributed by atoms with E-state index in [-0.39, 0.29) is 8.81 Å². The van der Waals surface area contributed by atoms with Gasteiger partial charge in [-0.15, -0.1) is 0 Å². The van der Waals surface area contributed by atoms with Gasteiger partial charge in [0.15, 0.2) is 6.03 Å². The minimum atomic E-state index is -1.29. The molecule has 0 aromatic rings. The molecule has 0 bridgehead atoms. The van der Waals surface area contributed by atoms with Crippen molar-refractivity contribution in [3.05, 3.63) is 0 Å². The minimum Gasteiger partial charge on any atom is -0.363 e. The highest BCUT2D eigenvalue weighted by molar-refractivity contribution is 7.32. The Morgan fingerprint density at radius 3 is 2.62 bits per heavy atom. The lowest BCUT2D eigenvalue weighted by molar-refractivity contribution is 0.0287. The molecule has 0 aliphatic heterocycles. The molecule has 0 saturated carbocycles. The zero-order chi connectivity index (χ0) is 6.41. The number of hydrogen-bond acceptors (Lipinski definition) is 3. The van der Waals surface area contributed by atoms with Crippen molar-refractivity contribution in [2.75, 3.05) is 6.61 Å². The molecule has 0 aromatic carbocycles. The largest absolute Gasteiger partial charge is 0.363 e. The Morgan fingerprint density at radius 1 is 1.62 bits per heavy atom. The number of rotatable bonds is 4. The lowest BCUT2D eigenvalue weighted by atomic mass is 10.5. The summed E-state index contributed by atoms with van der Waals surface area (Å²) in [7, 11) is -0.193. The van der Waals surface area contributed by atoms with Crippen LogP contribution in [0, 0.1) is 0 Å². The maximum Gasteiger partial charge on any atom is 0.193 e. The molecule has 0 amide bonds. The molecule has 0 aliphatic rings. The molecule has 2 N–H and O–H groups in total. The molecule has 0 saturated heterocycles. The van der Waals surface area contributed by atoms with E-state index < -0.39 is 6.03 Å². The number of hydrogen-bond donors (Lipinski definition) is 2. The third-order valence-corrected chi connectivity index (χ3v) is 1.08. The molecule has 0 aliphatic carbocycles. The van der Waals surface area contributed by atoms with Crippen molar-refractivity contribution >= 4 is 8.81 Å². The van der Waals surface area contributed by atoms with Gasteiger partial charge in [-0.3, -0.25) is 0 Å². The first-order valence-electron chi connectivity index (χ1n) is 2.50. The van der Waals surface area contributed by atoms with Gasteiger partial charge in [0, 0.05) is 0 Å². The predicted molar refractivity (Wildman–Crippen MR) is 32.8 cm³/mol. The van der Waals surface area contributed by atoms with Crippen LogP contribution in [0.15, 0.2) is 0 Å². The van der Waals surface area contributed by atoms with E-state index in [0.717, 1.165) is 6.42 Å². The normalized spacial score (nSPS) is 12.0. The fourth-order valence-corrected chi connectivity index (χ4v) is 0.707. The molecule has 0 aromatic heterocycles. The van der Waals surface area contributed by atoms with Crippen LogP contribution in [0.25, 0.3) is 0 Å². The molecule has 8 heavy (non-hydrogen) atoms. The van der Waals surface area contributed by atoms with Crippen LogP contribution < -0.4 is 0 Å². The van der Waals surface area contributed by atoms with E-state index in [1.54, 1.807) is 0 Å². The highest BCUT2D eigenvalue weighted by Gasteiger charge is 1.93. The van der Waals surface area contributed by atoms with Gasteiger partial charge in [0.1, 0.15) is 0 Å². The Kier molecular flexibility index (Phi) is 5.66. The Labute approximate surface area is 50.5 Å². The fourth-order valence-electron chi connectivity index (χ4n) is 0.236. The van der Waals surface area contributed by atoms with Crippen LogP contribution >= 0.6 is 8.81 Å². The maximum atomic E-state index is 8.22. The van der Waals surface area contributed by atoms with E-state index in [2.05, 4.69) is 0 Å². The summed E-state index contributed by atoms with van der Waals surface area (Å²) in [5.74, 6) is 0. The molecule has 0 radical (unpaired) electrons. The standard InChI is InChI=1S/C4H11O3P/c1-2-3-7-8-4(5)6/h4-6,8H,2-3H2,1H3. The maximum absolute atomic E-state index is 8.22. The second kappa shape index (κ2) is 5.45. The third-order valence-electron chi connectivity index (χ3n) is 0.495. The molecule has 0 rings (SSSR count). The summed E-state index contributed by atoms with van der Waals surface area (Å²) in [5, 5.41) is 16.4. The van der Waals surface area contributed by atoms with Gasteiger partial charge in [-0.05, 0) is 6.42 Å². The summed E-state index contributed by atoms with van der Waals surface area (Å²) in [6.45, 7) is 2.57. The molecular weight excluding hydrogens is 127 g/mol. The summed E-state index contributed by atoms with van der Waals surface area (Å²) in [4.78, 5) is 0. The van der Waals surface area contributed by atoms with Gasteiger partial charge < -0.3 is 14.7 Å². The van der Waals surface area contributed by atoms with E-state index >= 15 is 0 Å². The van der Waals surface area contributed by atoms with Gasteiger partial charge in [0.2, 0.25) is 0 Å².